The molecule has 3 aromatic rings. The van der Waals surface area contributed by atoms with Gasteiger partial charge in [-0.25, -0.2) is 4.98 Å². The lowest BCUT2D eigenvalue weighted by atomic mass is 10.0. The molecule has 23 heavy (non-hydrogen) atoms. The summed E-state index contributed by atoms with van der Waals surface area (Å²) in [6, 6.07) is 8.18. The quantitative estimate of drug-likeness (QED) is 0.648. The van der Waals surface area contributed by atoms with Gasteiger partial charge in [-0.15, -0.1) is 0 Å². The lowest BCUT2D eigenvalue weighted by Crippen LogP contribution is -2.02. The number of rotatable bonds is 6. The summed E-state index contributed by atoms with van der Waals surface area (Å²) in [5, 5.41) is 5.35. The Bertz CT molecular complexity index is 818. The zero-order chi connectivity index (χ0) is 16.4. The average Bonchev–Trinajstić information content (AvgIpc) is 3.03. The molecule has 2 heterocycles. The lowest BCUT2D eigenvalue weighted by Gasteiger charge is -2.08. The van der Waals surface area contributed by atoms with Crippen LogP contribution in [0.2, 0.25) is 0 Å². The predicted molar refractivity (Wildman–Crippen MR) is 90.7 cm³/mol. The monoisotopic (exact) mass is 329 g/mol. The number of imidazole rings is 1. The van der Waals surface area contributed by atoms with E-state index < -0.39 is 0 Å². The van der Waals surface area contributed by atoms with Crippen LogP contribution in [-0.4, -0.2) is 27.5 Å². The second-order valence-corrected chi connectivity index (χ2v) is 6.75. The summed E-state index contributed by atoms with van der Waals surface area (Å²) in [5.74, 6) is 1.38. The van der Waals surface area contributed by atoms with E-state index in [1.165, 1.54) is 16.9 Å². The van der Waals surface area contributed by atoms with Crippen LogP contribution in [0, 0.1) is 6.92 Å². The first-order valence-electron chi connectivity index (χ1n) is 7.61. The molecule has 2 aromatic heterocycles. The van der Waals surface area contributed by atoms with Gasteiger partial charge in [0, 0.05) is 6.42 Å². The standard InChI is InChI=1S/C17H19N3O2S/c1-11(2)13-4-6-14(7-5-13)22-9-8-16-19-20-15(10-21)12(3)18-17(20)23-16/h4-7,10-11H,8-9H2,1-3H3. The van der Waals surface area contributed by atoms with Crippen LogP contribution in [-0.2, 0) is 6.42 Å². The maximum atomic E-state index is 11.1. The highest BCUT2D eigenvalue weighted by molar-refractivity contribution is 7.16. The van der Waals surface area contributed by atoms with Gasteiger partial charge in [-0.3, -0.25) is 4.79 Å². The molecule has 0 N–H and O–H groups in total. The van der Waals surface area contributed by atoms with Crippen LogP contribution >= 0.6 is 11.3 Å². The number of ether oxygens (including phenoxy) is 1. The molecule has 0 radical (unpaired) electrons. The Hall–Kier alpha value is -2.21. The number of hydrogen-bond donors (Lipinski definition) is 0. The van der Waals surface area contributed by atoms with E-state index in [9.17, 15) is 4.79 Å². The van der Waals surface area contributed by atoms with E-state index in [0.29, 0.717) is 30.3 Å². The predicted octanol–water partition coefficient (Wildman–Crippen LogP) is 3.66. The summed E-state index contributed by atoms with van der Waals surface area (Å²) in [5.41, 5.74) is 2.54. The minimum absolute atomic E-state index is 0.519. The van der Waals surface area contributed by atoms with Gasteiger partial charge < -0.3 is 4.74 Å². The summed E-state index contributed by atoms with van der Waals surface area (Å²) in [4.78, 5) is 16.2. The molecule has 0 atom stereocenters. The van der Waals surface area contributed by atoms with E-state index in [1.54, 1.807) is 4.52 Å². The van der Waals surface area contributed by atoms with Crippen molar-refractivity contribution in [1.82, 2.24) is 14.6 Å². The summed E-state index contributed by atoms with van der Waals surface area (Å²) in [6.07, 6.45) is 1.49. The number of fused-ring (bicyclic) bond motifs is 1. The van der Waals surface area contributed by atoms with Crippen molar-refractivity contribution in [1.29, 1.82) is 0 Å². The van der Waals surface area contributed by atoms with Gasteiger partial charge in [-0.2, -0.15) is 9.61 Å². The first-order valence-corrected chi connectivity index (χ1v) is 8.43. The Morgan fingerprint density at radius 2 is 2.04 bits per heavy atom. The second kappa shape index (κ2) is 6.50. The molecule has 120 valence electrons. The minimum Gasteiger partial charge on any atom is -0.493 e. The molecule has 0 bridgehead atoms. The Kier molecular flexibility index (Phi) is 4.43. The fourth-order valence-electron chi connectivity index (χ4n) is 2.35. The molecule has 0 unspecified atom stereocenters. The largest absolute Gasteiger partial charge is 0.493 e. The van der Waals surface area contributed by atoms with Crippen LogP contribution in [0.4, 0.5) is 0 Å². The molecular formula is C17H19N3O2S. The Morgan fingerprint density at radius 1 is 1.30 bits per heavy atom. The lowest BCUT2D eigenvalue weighted by molar-refractivity contribution is 0.111. The number of aromatic nitrogens is 3. The number of nitrogens with zero attached hydrogens (tertiary/aromatic N) is 3. The van der Waals surface area contributed by atoms with Crippen molar-refractivity contribution in [3.63, 3.8) is 0 Å². The van der Waals surface area contributed by atoms with Crippen molar-refractivity contribution in [3.8, 4) is 5.75 Å². The van der Waals surface area contributed by atoms with Gasteiger partial charge in [-0.05, 0) is 30.5 Å². The normalized spacial score (nSPS) is 11.3. The van der Waals surface area contributed by atoms with E-state index in [1.807, 2.05) is 19.1 Å². The molecule has 0 saturated heterocycles. The van der Waals surface area contributed by atoms with Gasteiger partial charge in [0.15, 0.2) is 6.29 Å². The Labute approximate surface area is 138 Å². The number of carbonyl (C=O) groups is 1. The average molecular weight is 329 g/mol. The van der Waals surface area contributed by atoms with E-state index in [2.05, 4.69) is 36.1 Å². The summed E-state index contributed by atoms with van der Waals surface area (Å²) < 4.78 is 7.38. The van der Waals surface area contributed by atoms with Gasteiger partial charge in [0.1, 0.15) is 16.5 Å². The topological polar surface area (TPSA) is 56.5 Å². The summed E-state index contributed by atoms with van der Waals surface area (Å²) >= 11 is 1.49. The highest BCUT2D eigenvalue weighted by Crippen LogP contribution is 2.20. The van der Waals surface area contributed by atoms with Crippen molar-refractivity contribution >= 4 is 22.6 Å². The molecule has 1 aromatic carbocycles. The van der Waals surface area contributed by atoms with E-state index in [-0.39, 0.29) is 0 Å². The van der Waals surface area contributed by atoms with Crippen LogP contribution in [0.3, 0.4) is 0 Å². The van der Waals surface area contributed by atoms with Gasteiger partial charge in [0.2, 0.25) is 4.96 Å². The van der Waals surface area contributed by atoms with E-state index in [0.717, 1.165) is 22.0 Å². The molecule has 0 aliphatic rings. The number of carbonyl (C=O) groups excluding carboxylic acids is 1. The Balaban J connectivity index is 1.62. The molecule has 0 aliphatic carbocycles. The van der Waals surface area contributed by atoms with Crippen LogP contribution in [0.1, 0.15) is 46.5 Å². The van der Waals surface area contributed by atoms with Crippen LogP contribution in [0.5, 0.6) is 5.75 Å². The van der Waals surface area contributed by atoms with Crippen LogP contribution in [0.15, 0.2) is 24.3 Å². The van der Waals surface area contributed by atoms with Crippen molar-refractivity contribution < 1.29 is 9.53 Å². The molecule has 0 spiro atoms. The fourth-order valence-corrected chi connectivity index (χ4v) is 3.27. The van der Waals surface area contributed by atoms with Gasteiger partial charge in [0.25, 0.3) is 0 Å². The van der Waals surface area contributed by atoms with E-state index >= 15 is 0 Å². The van der Waals surface area contributed by atoms with E-state index in [4.69, 9.17) is 4.74 Å². The minimum atomic E-state index is 0.519. The SMILES string of the molecule is Cc1nc2sc(CCOc3ccc(C(C)C)cc3)nn2c1C=O. The molecule has 0 saturated carbocycles. The van der Waals surface area contributed by atoms with Gasteiger partial charge in [-0.1, -0.05) is 37.3 Å². The highest BCUT2D eigenvalue weighted by atomic mass is 32.1. The maximum Gasteiger partial charge on any atom is 0.213 e. The van der Waals surface area contributed by atoms with Crippen molar-refractivity contribution in [2.45, 2.75) is 33.1 Å². The molecule has 6 heteroatoms. The zero-order valence-corrected chi connectivity index (χ0v) is 14.3. The molecular weight excluding hydrogens is 310 g/mol. The summed E-state index contributed by atoms with van der Waals surface area (Å²) in [7, 11) is 0. The Morgan fingerprint density at radius 3 is 2.70 bits per heavy atom. The highest BCUT2D eigenvalue weighted by Gasteiger charge is 2.13. The molecule has 0 fully saturated rings. The maximum absolute atomic E-state index is 11.1. The smallest absolute Gasteiger partial charge is 0.213 e. The van der Waals surface area contributed by atoms with Crippen LogP contribution < -0.4 is 4.74 Å². The molecule has 5 nitrogen and oxygen atoms in total. The van der Waals surface area contributed by atoms with Gasteiger partial charge >= 0.3 is 0 Å². The third kappa shape index (κ3) is 3.27. The first-order chi connectivity index (χ1) is 11.1. The fraction of sp³-hybridized carbons (Fsp3) is 0.353. The number of aldehydes is 1. The molecule has 3 rings (SSSR count). The second-order valence-electron chi connectivity index (χ2n) is 5.71. The number of benzene rings is 1. The van der Waals surface area contributed by atoms with Crippen molar-refractivity contribution in [2.75, 3.05) is 6.61 Å². The van der Waals surface area contributed by atoms with Crippen LogP contribution in [0.25, 0.3) is 4.96 Å². The summed E-state index contributed by atoms with van der Waals surface area (Å²) in [6.45, 7) is 6.70. The zero-order valence-electron chi connectivity index (χ0n) is 13.4. The molecule has 0 amide bonds. The number of hydrogen-bond acceptors (Lipinski definition) is 5. The molecule has 0 aliphatic heterocycles. The van der Waals surface area contributed by atoms with Gasteiger partial charge in [0.05, 0.1) is 12.3 Å². The third-order valence-electron chi connectivity index (χ3n) is 3.71. The third-order valence-corrected chi connectivity index (χ3v) is 4.68. The first kappa shape index (κ1) is 15.7. The van der Waals surface area contributed by atoms with Crippen molar-refractivity contribution in [2.24, 2.45) is 0 Å². The number of aryl methyl sites for hydroxylation is 1. The van der Waals surface area contributed by atoms with Crippen molar-refractivity contribution in [3.05, 3.63) is 46.2 Å².